The molecule has 32 heavy (non-hydrogen) atoms. The number of amides is 1. The van der Waals surface area contributed by atoms with Gasteiger partial charge in [0.2, 0.25) is 5.91 Å². The highest BCUT2D eigenvalue weighted by molar-refractivity contribution is 7.99. The van der Waals surface area contributed by atoms with Crippen molar-refractivity contribution in [3.05, 3.63) is 82.3 Å². The minimum atomic E-state index is -4.59. The average Bonchev–Trinajstić information content (AvgIpc) is 3.13. The predicted octanol–water partition coefficient (Wildman–Crippen LogP) is 4.77. The zero-order valence-electron chi connectivity index (χ0n) is 16.7. The molecule has 0 aliphatic heterocycles. The van der Waals surface area contributed by atoms with Crippen LogP contribution < -0.4 is 10.9 Å². The minimum absolute atomic E-state index is 0.236. The number of H-pyrrole nitrogens is 1. The quantitative estimate of drug-likeness (QED) is 0.334. The summed E-state index contributed by atoms with van der Waals surface area (Å²) in [5.41, 5.74) is 0.513. The van der Waals surface area contributed by atoms with Crippen LogP contribution in [0.2, 0.25) is 0 Å². The van der Waals surface area contributed by atoms with Crippen LogP contribution in [-0.2, 0) is 11.0 Å². The summed E-state index contributed by atoms with van der Waals surface area (Å²) in [6, 6.07) is 15.3. The lowest BCUT2D eigenvalue weighted by Gasteiger charge is -2.14. The Morgan fingerprint density at radius 3 is 2.53 bits per heavy atom. The van der Waals surface area contributed by atoms with Gasteiger partial charge in [-0.2, -0.15) is 13.2 Å². The smallest absolute Gasteiger partial charge is 0.353 e. The van der Waals surface area contributed by atoms with E-state index >= 15 is 0 Å². The number of rotatable bonds is 5. The number of para-hydroxylation sites is 2. The number of aromatic amines is 1. The van der Waals surface area contributed by atoms with Crippen LogP contribution in [0.5, 0.6) is 0 Å². The van der Waals surface area contributed by atoms with Crippen LogP contribution in [0.25, 0.3) is 16.7 Å². The molecule has 4 aromatic rings. The molecule has 0 saturated carbocycles. The molecule has 0 bridgehead atoms. The molecule has 2 aromatic heterocycles. The maximum atomic E-state index is 13.2. The fourth-order valence-electron chi connectivity index (χ4n) is 3.23. The Morgan fingerprint density at radius 2 is 1.81 bits per heavy atom. The second-order valence-electron chi connectivity index (χ2n) is 6.96. The van der Waals surface area contributed by atoms with Crippen LogP contribution >= 0.6 is 11.8 Å². The van der Waals surface area contributed by atoms with Gasteiger partial charge >= 0.3 is 6.18 Å². The fourth-order valence-corrected chi connectivity index (χ4v) is 4.05. The van der Waals surface area contributed by atoms with Gasteiger partial charge in [0.05, 0.1) is 28.2 Å². The Bertz CT molecular complexity index is 1350. The van der Waals surface area contributed by atoms with Gasteiger partial charge in [0.15, 0.2) is 5.16 Å². The van der Waals surface area contributed by atoms with Crippen LogP contribution in [0.4, 0.5) is 18.9 Å². The number of nitrogens with zero attached hydrogens (tertiary/aromatic N) is 2. The third-order valence-corrected chi connectivity index (χ3v) is 5.55. The summed E-state index contributed by atoms with van der Waals surface area (Å²) < 4.78 is 40.9. The number of aryl methyl sites for hydroxylation is 1. The van der Waals surface area contributed by atoms with E-state index < -0.39 is 17.6 Å². The molecule has 0 saturated heterocycles. The normalized spacial score (nSPS) is 11.6. The number of alkyl halides is 3. The van der Waals surface area contributed by atoms with E-state index in [4.69, 9.17) is 0 Å². The molecule has 4 rings (SSSR count). The standard InChI is InChI=1S/C22H17F3N4O2S/c1-13-11-17-19(26-13)20(31)29(14-7-3-2-4-8-14)21(28-17)32-12-18(30)27-16-10-6-5-9-15(16)22(23,24)25/h2-11,26H,12H2,1H3,(H,27,30). The summed E-state index contributed by atoms with van der Waals surface area (Å²) in [4.78, 5) is 33.0. The van der Waals surface area contributed by atoms with Crippen LogP contribution in [-0.4, -0.2) is 26.2 Å². The molecule has 1 amide bonds. The first kappa shape index (κ1) is 21.7. The van der Waals surface area contributed by atoms with Crippen molar-refractivity contribution < 1.29 is 18.0 Å². The molecule has 2 aromatic carbocycles. The number of carbonyl (C=O) groups excluding carboxylic acids is 1. The Kier molecular flexibility index (Phi) is 5.79. The van der Waals surface area contributed by atoms with Gasteiger partial charge in [0.1, 0.15) is 5.52 Å². The lowest BCUT2D eigenvalue weighted by molar-refractivity contribution is -0.137. The highest BCUT2D eigenvalue weighted by Gasteiger charge is 2.33. The van der Waals surface area contributed by atoms with Crippen molar-refractivity contribution in [3.63, 3.8) is 0 Å². The zero-order chi connectivity index (χ0) is 22.9. The molecular formula is C22H17F3N4O2S. The summed E-state index contributed by atoms with van der Waals surface area (Å²) in [6.07, 6.45) is -4.59. The SMILES string of the molecule is Cc1cc2nc(SCC(=O)Nc3ccccc3C(F)(F)F)n(-c3ccccc3)c(=O)c2[nH]1. The molecule has 6 nitrogen and oxygen atoms in total. The number of hydrogen-bond donors (Lipinski definition) is 2. The largest absolute Gasteiger partial charge is 0.418 e. The third kappa shape index (κ3) is 4.40. The molecule has 0 radical (unpaired) electrons. The van der Waals surface area contributed by atoms with Gasteiger partial charge in [-0.25, -0.2) is 4.98 Å². The maximum Gasteiger partial charge on any atom is 0.418 e. The van der Waals surface area contributed by atoms with Gasteiger partial charge in [-0.05, 0) is 37.3 Å². The van der Waals surface area contributed by atoms with Crippen LogP contribution in [0.3, 0.4) is 0 Å². The van der Waals surface area contributed by atoms with Crippen LogP contribution in [0.1, 0.15) is 11.3 Å². The molecular weight excluding hydrogens is 441 g/mol. The van der Waals surface area contributed by atoms with Crippen molar-refractivity contribution in [1.29, 1.82) is 0 Å². The van der Waals surface area contributed by atoms with E-state index in [1.54, 1.807) is 43.3 Å². The monoisotopic (exact) mass is 458 g/mol. The van der Waals surface area contributed by atoms with Crippen LogP contribution in [0, 0.1) is 6.92 Å². The number of fused-ring (bicyclic) bond motifs is 1. The van der Waals surface area contributed by atoms with Gasteiger partial charge in [-0.15, -0.1) is 0 Å². The second kappa shape index (κ2) is 8.54. The zero-order valence-corrected chi connectivity index (χ0v) is 17.6. The number of anilines is 1. The van der Waals surface area contributed by atoms with Crippen molar-refractivity contribution in [2.24, 2.45) is 0 Å². The molecule has 164 valence electrons. The Labute approximate surface area is 184 Å². The highest BCUT2D eigenvalue weighted by atomic mass is 32.2. The van der Waals surface area contributed by atoms with E-state index in [0.717, 1.165) is 23.5 Å². The first-order valence-corrected chi connectivity index (χ1v) is 10.5. The first-order valence-electron chi connectivity index (χ1n) is 9.50. The van der Waals surface area contributed by atoms with Gasteiger partial charge < -0.3 is 10.3 Å². The minimum Gasteiger partial charge on any atom is -0.353 e. The highest BCUT2D eigenvalue weighted by Crippen LogP contribution is 2.34. The van der Waals surface area contributed by atoms with E-state index in [-0.39, 0.29) is 22.2 Å². The topological polar surface area (TPSA) is 79.8 Å². The molecule has 2 heterocycles. The van der Waals surface area contributed by atoms with Crippen molar-refractivity contribution in [1.82, 2.24) is 14.5 Å². The summed E-state index contributed by atoms with van der Waals surface area (Å²) in [7, 11) is 0. The molecule has 0 atom stereocenters. The Hall–Kier alpha value is -3.53. The predicted molar refractivity (Wildman–Crippen MR) is 117 cm³/mol. The summed E-state index contributed by atoms with van der Waals surface area (Å²) in [5.74, 6) is -0.883. The molecule has 2 N–H and O–H groups in total. The van der Waals surface area contributed by atoms with Gasteiger partial charge in [-0.1, -0.05) is 42.1 Å². The van der Waals surface area contributed by atoms with E-state index in [1.165, 1.54) is 22.8 Å². The Balaban J connectivity index is 1.64. The Morgan fingerprint density at radius 1 is 1.12 bits per heavy atom. The van der Waals surface area contributed by atoms with Gasteiger partial charge in [-0.3, -0.25) is 14.2 Å². The first-order chi connectivity index (χ1) is 15.2. The van der Waals surface area contributed by atoms with E-state index in [1.807, 2.05) is 0 Å². The molecule has 10 heteroatoms. The van der Waals surface area contributed by atoms with Crippen molar-refractivity contribution in [2.75, 3.05) is 11.1 Å². The second-order valence-corrected chi connectivity index (χ2v) is 7.91. The van der Waals surface area contributed by atoms with Gasteiger partial charge in [0, 0.05) is 5.69 Å². The molecule has 0 fully saturated rings. The van der Waals surface area contributed by atoms with Gasteiger partial charge in [0.25, 0.3) is 5.56 Å². The third-order valence-electron chi connectivity index (χ3n) is 4.61. The molecule has 0 aliphatic rings. The number of carbonyl (C=O) groups is 1. The maximum absolute atomic E-state index is 13.2. The lowest BCUT2D eigenvalue weighted by atomic mass is 10.1. The lowest BCUT2D eigenvalue weighted by Crippen LogP contribution is -2.23. The van der Waals surface area contributed by atoms with Crippen LogP contribution in [0.15, 0.2) is 70.6 Å². The average molecular weight is 458 g/mol. The summed E-state index contributed by atoms with van der Waals surface area (Å²) in [5, 5.41) is 2.56. The van der Waals surface area contributed by atoms with E-state index in [9.17, 15) is 22.8 Å². The number of halogens is 3. The molecule has 0 unspecified atom stereocenters. The van der Waals surface area contributed by atoms with E-state index in [2.05, 4.69) is 15.3 Å². The van der Waals surface area contributed by atoms with Crippen molar-refractivity contribution in [3.8, 4) is 5.69 Å². The number of hydrogen-bond acceptors (Lipinski definition) is 4. The number of aromatic nitrogens is 3. The van der Waals surface area contributed by atoms with E-state index in [0.29, 0.717) is 16.7 Å². The van der Waals surface area contributed by atoms with Crippen molar-refractivity contribution in [2.45, 2.75) is 18.3 Å². The molecule has 0 spiro atoms. The summed E-state index contributed by atoms with van der Waals surface area (Å²) in [6.45, 7) is 1.80. The summed E-state index contributed by atoms with van der Waals surface area (Å²) >= 11 is 0.966. The fraction of sp³-hybridized carbons (Fsp3) is 0.136. The molecule has 0 aliphatic carbocycles. The number of nitrogens with one attached hydrogen (secondary N) is 2. The number of thioether (sulfide) groups is 1. The number of benzene rings is 2. The van der Waals surface area contributed by atoms with Crippen molar-refractivity contribution >= 4 is 34.4 Å².